The number of aromatic nitrogens is 1. The molecule has 0 aliphatic heterocycles. The van der Waals surface area contributed by atoms with Gasteiger partial charge in [-0.1, -0.05) is 13.8 Å². The van der Waals surface area contributed by atoms with E-state index >= 15 is 0 Å². The average Bonchev–Trinajstić information content (AvgIpc) is 2.77. The Bertz CT molecular complexity index is 489. The van der Waals surface area contributed by atoms with Crippen molar-refractivity contribution in [2.45, 2.75) is 45.6 Å². The van der Waals surface area contributed by atoms with E-state index in [2.05, 4.69) is 15.6 Å². The molecule has 0 saturated carbocycles. The van der Waals surface area contributed by atoms with Gasteiger partial charge in [0.2, 0.25) is 0 Å². The average molecular weight is 297 g/mol. The third-order valence-corrected chi connectivity index (χ3v) is 4.36. The molecule has 6 nitrogen and oxygen atoms in total. The molecule has 2 amide bonds. The van der Waals surface area contributed by atoms with Crippen LogP contribution in [0.4, 0.5) is 9.93 Å². The number of hydrogen-bond acceptors (Lipinski definition) is 4. The van der Waals surface area contributed by atoms with Gasteiger partial charge in [0, 0.05) is 4.88 Å². The predicted molar refractivity (Wildman–Crippen MR) is 77.2 cm³/mol. The molecule has 0 radical (unpaired) electrons. The Morgan fingerprint density at radius 3 is 2.60 bits per heavy atom. The summed E-state index contributed by atoms with van der Waals surface area (Å²) in [5.41, 5.74) is 1.06. The number of rotatable bonds is 4. The molecule has 1 aromatic heterocycles. The molecule has 3 N–H and O–H groups in total. The number of fused-ring (bicyclic) bond motifs is 1. The van der Waals surface area contributed by atoms with Crippen molar-refractivity contribution < 1.29 is 14.7 Å². The summed E-state index contributed by atoms with van der Waals surface area (Å²) in [6.07, 6.45) is 4.27. The lowest BCUT2D eigenvalue weighted by Crippen LogP contribution is -2.46. The molecule has 1 aliphatic rings. The van der Waals surface area contributed by atoms with Crippen LogP contribution in [0.25, 0.3) is 0 Å². The van der Waals surface area contributed by atoms with Crippen molar-refractivity contribution in [1.29, 1.82) is 0 Å². The van der Waals surface area contributed by atoms with Gasteiger partial charge in [0.1, 0.15) is 6.04 Å². The van der Waals surface area contributed by atoms with E-state index in [1.54, 1.807) is 13.8 Å². The lowest BCUT2D eigenvalue weighted by molar-refractivity contribution is -0.140. The van der Waals surface area contributed by atoms with E-state index < -0.39 is 18.0 Å². The minimum Gasteiger partial charge on any atom is -0.480 e. The molecule has 20 heavy (non-hydrogen) atoms. The van der Waals surface area contributed by atoms with Gasteiger partial charge in [0.05, 0.1) is 5.69 Å². The number of carbonyl (C=O) groups excluding carboxylic acids is 1. The van der Waals surface area contributed by atoms with Gasteiger partial charge in [0.25, 0.3) is 0 Å². The second-order valence-corrected chi connectivity index (χ2v) is 6.34. The number of carboxylic acids is 1. The fraction of sp³-hybridized carbons (Fsp3) is 0.615. The molecule has 0 fully saturated rings. The normalized spacial score (nSPS) is 15.6. The summed E-state index contributed by atoms with van der Waals surface area (Å²) in [6, 6.07) is -1.42. The van der Waals surface area contributed by atoms with Gasteiger partial charge in [-0.15, -0.1) is 11.3 Å². The zero-order valence-corrected chi connectivity index (χ0v) is 12.4. The summed E-state index contributed by atoms with van der Waals surface area (Å²) in [5, 5.41) is 14.7. The maximum Gasteiger partial charge on any atom is 0.326 e. The Balaban J connectivity index is 1.97. The maximum absolute atomic E-state index is 11.8. The molecule has 0 saturated heterocycles. The highest BCUT2D eigenvalue weighted by atomic mass is 32.1. The van der Waals surface area contributed by atoms with Crippen molar-refractivity contribution in [3.05, 3.63) is 10.6 Å². The Labute approximate surface area is 121 Å². The molecule has 2 rings (SSSR count). The van der Waals surface area contributed by atoms with Crippen LogP contribution in [0, 0.1) is 5.92 Å². The highest BCUT2D eigenvalue weighted by Gasteiger charge is 2.24. The van der Waals surface area contributed by atoms with Crippen LogP contribution in [0.15, 0.2) is 0 Å². The van der Waals surface area contributed by atoms with Crippen LogP contribution in [0.5, 0.6) is 0 Å². The first-order chi connectivity index (χ1) is 9.47. The third kappa shape index (κ3) is 3.47. The van der Waals surface area contributed by atoms with Gasteiger partial charge < -0.3 is 10.4 Å². The molecule has 0 unspecified atom stereocenters. The van der Waals surface area contributed by atoms with E-state index in [0.29, 0.717) is 5.13 Å². The van der Waals surface area contributed by atoms with Crippen LogP contribution in [0.3, 0.4) is 0 Å². The molecule has 0 bridgehead atoms. The maximum atomic E-state index is 11.8. The summed E-state index contributed by atoms with van der Waals surface area (Å²) >= 11 is 1.48. The van der Waals surface area contributed by atoms with Gasteiger partial charge in [-0.3, -0.25) is 5.32 Å². The zero-order valence-electron chi connectivity index (χ0n) is 11.6. The highest BCUT2D eigenvalue weighted by molar-refractivity contribution is 7.15. The van der Waals surface area contributed by atoms with Crippen molar-refractivity contribution in [1.82, 2.24) is 10.3 Å². The van der Waals surface area contributed by atoms with E-state index in [4.69, 9.17) is 5.11 Å². The Kier molecular flexibility index (Phi) is 4.59. The summed E-state index contributed by atoms with van der Waals surface area (Å²) in [6.45, 7) is 3.50. The van der Waals surface area contributed by atoms with Gasteiger partial charge in [-0.05, 0) is 31.6 Å². The number of aryl methyl sites for hydroxylation is 2. The number of carboxylic acid groups (broad SMARTS) is 1. The Morgan fingerprint density at radius 1 is 1.30 bits per heavy atom. The van der Waals surface area contributed by atoms with E-state index in [0.717, 1.165) is 31.4 Å². The van der Waals surface area contributed by atoms with E-state index in [-0.39, 0.29) is 5.92 Å². The second kappa shape index (κ2) is 6.21. The topological polar surface area (TPSA) is 91.3 Å². The highest BCUT2D eigenvalue weighted by Crippen LogP contribution is 2.29. The number of carbonyl (C=O) groups is 2. The predicted octanol–water partition coefficient (Wildman–Crippen LogP) is 2.25. The molecule has 7 heteroatoms. The number of nitrogens with zero attached hydrogens (tertiary/aromatic N) is 1. The molecule has 110 valence electrons. The summed E-state index contributed by atoms with van der Waals surface area (Å²) in [7, 11) is 0. The minimum absolute atomic E-state index is 0.178. The quantitative estimate of drug-likeness (QED) is 0.795. The van der Waals surface area contributed by atoms with Crippen LogP contribution in [-0.2, 0) is 17.6 Å². The monoisotopic (exact) mass is 297 g/mol. The molecular weight excluding hydrogens is 278 g/mol. The van der Waals surface area contributed by atoms with Crippen LogP contribution in [-0.4, -0.2) is 28.1 Å². The van der Waals surface area contributed by atoms with Gasteiger partial charge >= 0.3 is 12.0 Å². The first-order valence-corrected chi connectivity index (χ1v) is 7.58. The number of nitrogens with one attached hydrogen (secondary N) is 2. The van der Waals surface area contributed by atoms with Gasteiger partial charge in [0.15, 0.2) is 5.13 Å². The zero-order chi connectivity index (χ0) is 14.7. The molecule has 1 heterocycles. The van der Waals surface area contributed by atoms with E-state index in [1.807, 2.05) is 0 Å². The van der Waals surface area contributed by atoms with Crippen molar-refractivity contribution in [3.63, 3.8) is 0 Å². The number of urea groups is 1. The van der Waals surface area contributed by atoms with Crippen molar-refractivity contribution >= 4 is 28.5 Å². The molecule has 1 atom stereocenters. The van der Waals surface area contributed by atoms with Crippen LogP contribution in [0.2, 0.25) is 0 Å². The van der Waals surface area contributed by atoms with Crippen LogP contribution < -0.4 is 10.6 Å². The van der Waals surface area contributed by atoms with Crippen LogP contribution >= 0.6 is 11.3 Å². The number of amides is 2. The molecular formula is C13H19N3O3S. The lowest BCUT2D eigenvalue weighted by Gasteiger charge is -2.17. The Morgan fingerprint density at radius 2 is 2.00 bits per heavy atom. The summed E-state index contributed by atoms with van der Waals surface area (Å²) < 4.78 is 0. The summed E-state index contributed by atoms with van der Waals surface area (Å²) in [5.74, 6) is -1.21. The van der Waals surface area contributed by atoms with Crippen LogP contribution in [0.1, 0.15) is 37.3 Å². The fourth-order valence-corrected chi connectivity index (χ4v) is 3.24. The van der Waals surface area contributed by atoms with Gasteiger partial charge in [-0.2, -0.15) is 0 Å². The van der Waals surface area contributed by atoms with E-state index in [9.17, 15) is 9.59 Å². The largest absolute Gasteiger partial charge is 0.480 e. The fourth-order valence-electron chi connectivity index (χ4n) is 2.19. The minimum atomic E-state index is -1.03. The lowest BCUT2D eigenvalue weighted by atomic mass is 10.0. The molecule has 1 aliphatic carbocycles. The number of anilines is 1. The molecule has 0 aromatic carbocycles. The number of thiazole rings is 1. The van der Waals surface area contributed by atoms with Crippen molar-refractivity contribution in [2.24, 2.45) is 5.92 Å². The smallest absolute Gasteiger partial charge is 0.326 e. The first-order valence-electron chi connectivity index (χ1n) is 6.76. The third-order valence-electron chi connectivity index (χ3n) is 3.29. The molecule has 0 spiro atoms. The van der Waals surface area contributed by atoms with Crippen molar-refractivity contribution in [3.8, 4) is 0 Å². The van der Waals surface area contributed by atoms with E-state index in [1.165, 1.54) is 16.2 Å². The first kappa shape index (κ1) is 14.8. The summed E-state index contributed by atoms with van der Waals surface area (Å²) in [4.78, 5) is 28.5. The second-order valence-electron chi connectivity index (χ2n) is 5.25. The SMILES string of the molecule is CC(C)[C@H](NC(=O)Nc1nc2c(s1)CCCC2)C(=O)O. The van der Waals surface area contributed by atoms with Gasteiger partial charge in [-0.25, -0.2) is 14.6 Å². The standard InChI is InChI=1S/C13H19N3O3S/c1-7(2)10(11(17)18)15-12(19)16-13-14-8-5-3-4-6-9(8)20-13/h7,10H,3-6H2,1-2H3,(H,17,18)(H2,14,15,16,19)/t10-/m0/s1. The molecule has 1 aromatic rings. The Hall–Kier alpha value is -1.63. The number of hydrogen-bond donors (Lipinski definition) is 3. The van der Waals surface area contributed by atoms with Crippen molar-refractivity contribution in [2.75, 3.05) is 5.32 Å². The number of aliphatic carboxylic acids is 1.